The predicted octanol–water partition coefficient (Wildman–Crippen LogP) is 4.15. The number of hydrogen-bond donors (Lipinski definition) is 1. The molecule has 0 saturated heterocycles. The van der Waals surface area contributed by atoms with Crippen LogP contribution in [-0.4, -0.2) is 24.8 Å². The van der Waals surface area contributed by atoms with Crippen LogP contribution >= 0.6 is 0 Å². The van der Waals surface area contributed by atoms with Gasteiger partial charge in [0.2, 0.25) is 0 Å². The molecule has 3 heteroatoms. The van der Waals surface area contributed by atoms with Gasteiger partial charge in [0.25, 0.3) is 0 Å². The highest BCUT2D eigenvalue weighted by Crippen LogP contribution is 2.32. The molecular formula is C17H21NO2. The number of H-pyrrole nitrogens is 1. The van der Waals surface area contributed by atoms with Crippen molar-refractivity contribution in [3.05, 3.63) is 36.0 Å². The zero-order chi connectivity index (χ0) is 13.8. The van der Waals surface area contributed by atoms with Crippen LogP contribution in [-0.2, 0) is 4.74 Å². The summed E-state index contributed by atoms with van der Waals surface area (Å²) in [7, 11) is 0. The van der Waals surface area contributed by atoms with Crippen LogP contribution in [0.15, 0.2) is 30.3 Å². The molecule has 0 radical (unpaired) electrons. The van der Waals surface area contributed by atoms with Crippen LogP contribution in [0.25, 0.3) is 16.5 Å². The number of aromatic nitrogens is 1. The lowest BCUT2D eigenvalue weighted by Crippen LogP contribution is -2.06. The number of aromatic amines is 1. The zero-order valence-corrected chi connectivity index (χ0v) is 11.9. The van der Waals surface area contributed by atoms with Crippen molar-refractivity contribution in [2.45, 2.75) is 26.2 Å². The maximum Gasteiger partial charge on any atom is 0.128 e. The monoisotopic (exact) mass is 271 g/mol. The Hall–Kier alpha value is -1.74. The van der Waals surface area contributed by atoms with E-state index in [2.05, 4.69) is 23.2 Å². The summed E-state index contributed by atoms with van der Waals surface area (Å²) in [6.45, 7) is 3.95. The standard InChI is InChI=1S/C17H21NO2/c1-2-19-10-11-20-17-9-5-8-15-14(17)12-16(18-15)13-6-3-4-7-13/h5-6,8-9,12,18H,2-4,7,10-11H2,1H3. The van der Waals surface area contributed by atoms with Crippen molar-refractivity contribution in [3.8, 4) is 5.75 Å². The molecule has 0 atom stereocenters. The minimum Gasteiger partial charge on any atom is -0.490 e. The molecule has 0 amide bonds. The van der Waals surface area contributed by atoms with Gasteiger partial charge >= 0.3 is 0 Å². The van der Waals surface area contributed by atoms with E-state index in [1.807, 2.05) is 19.1 Å². The average Bonchev–Trinajstić information content (AvgIpc) is 3.11. The van der Waals surface area contributed by atoms with Crippen molar-refractivity contribution < 1.29 is 9.47 Å². The summed E-state index contributed by atoms with van der Waals surface area (Å²) in [6, 6.07) is 8.36. The van der Waals surface area contributed by atoms with Crippen LogP contribution in [0.2, 0.25) is 0 Å². The molecule has 1 aromatic heterocycles. The first-order valence-corrected chi connectivity index (χ1v) is 7.40. The Kier molecular flexibility index (Phi) is 4.07. The van der Waals surface area contributed by atoms with Gasteiger partial charge < -0.3 is 14.5 Å². The van der Waals surface area contributed by atoms with Crippen molar-refractivity contribution in [1.82, 2.24) is 4.98 Å². The summed E-state index contributed by atoms with van der Waals surface area (Å²) in [5.74, 6) is 0.934. The lowest BCUT2D eigenvalue weighted by atomic mass is 10.1. The summed E-state index contributed by atoms with van der Waals surface area (Å²) in [6.07, 6.45) is 5.97. The van der Waals surface area contributed by atoms with Gasteiger partial charge in [0.15, 0.2) is 0 Å². The van der Waals surface area contributed by atoms with E-state index in [0.29, 0.717) is 13.2 Å². The molecule has 0 fully saturated rings. The van der Waals surface area contributed by atoms with Crippen molar-refractivity contribution in [2.24, 2.45) is 0 Å². The Balaban J connectivity index is 1.81. The molecule has 0 saturated carbocycles. The number of benzene rings is 1. The first-order valence-electron chi connectivity index (χ1n) is 7.40. The fourth-order valence-electron chi connectivity index (χ4n) is 2.70. The molecule has 106 valence electrons. The van der Waals surface area contributed by atoms with E-state index in [1.54, 1.807) is 0 Å². The van der Waals surface area contributed by atoms with E-state index >= 15 is 0 Å². The predicted molar refractivity (Wildman–Crippen MR) is 82.1 cm³/mol. The van der Waals surface area contributed by atoms with E-state index in [0.717, 1.165) is 23.3 Å². The Labute approximate surface area is 119 Å². The summed E-state index contributed by atoms with van der Waals surface area (Å²) in [5.41, 5.74) is 3.81. The molecule has 1 aliphatic carbocycles. The molecule has 3 nitrogen and oxygen atoms in total. The molecule has 1 heterocycles. The summed E-state index contributed by atoms with van der Waals surface area (Å²) >= 11 is 0. The average molecular weight is 271 g/mol. The van der Waals surface area contributed by atoms with Crippen molar-refractivity contribution >= 4 is 16.5 Å². The molecule has 0 unspecified atom stereocenters. The maximum absolute atomic E-state index is 5.83. The summed E-state index contributed by atoms with van der Waals surface area (Å²) in [5, 5.41) is 1.16. The summed E-state index contributed by atoms with van der Waals surface area (Å²) in [4.78, 5) is 3.50. The van der Waals surface area contributed by atoms with E-state index in [-0.39, 0.29) is 0 Å². The number of hydrogen-bond acceptors (Lipinski definition) is 2. The minimum atomic E-state index is 0.593. The van der Waals surface area contributed by atoms with Crippen LogP contribution in [0.5, 0.6) is 5.75 Å². The second kappa shape index (κ2) is 6.14. The highest BCUT2D eigenvalue weighted by Gasteiger charge is 2.12. The molecule has 1 aromatic carbocycles. The first kappa shape index (κ1) is 13.3. The molecule has 1 aliphatic rings. The van der Waals surface area contributed by atoms with Gasteiger partial charge in [-0.3, -0.25) is 0 Å². The second-order valence-electron chi connectivity index (χ2n) is 5.07. The van der Waals surface area contributed by atoms with Gasteiger partial charge in [-0.1, -0.05) is 12.1 Å². The normalized spacial score (nSPS) is 14.8. The van der Waals surface area contributed by atoms with Gasteiger partial charge in [-0.25, -0.2) is 0 Å². The zero-order valence-electron chi connectivity index (χ0n) is 11.9. The molecule has 0 bridgehead atoms. The van der Waals surface area contributed by atoms with Crippen LogP contribution < -0.4 is 4.74 Å². The van der Waals surface area contributed by atoms with Gasteiger partial charge in [0, 0.05) is 23.2 Å². The molecule has 2 aromatic rings. The smallest absolute Gasteiger partial charge is 0.128 e. The number of fused-ring (bicyclic) bond motifs is 1. The second-order valence-corrected chi connectivity index (χ2v) is 5.07. The van der Waals surface area contributed by atoms with E-state index in [9.17, 15) is 0 Å². The fourth-order valence-corrected chi connectivity index (χ4v) is 2.70. The third kappa shape index (κ3) is 2.73. The quantitative estimate of drug-likeness (QED) is 0.801. The van der Waals surface area contributed by atoms with Crippen molar-refractivity contribution in [1.29, 1.82) is 0 Å². The lowest BCUT2D eigenvalue weighted by molar-refractivity contribution is 0.111. The van der Waals surface area contributed by atoms with Crippen molar-refractivity contribution in [3.63, 3.8) is 0 Å². The highest BCUT2D eigenvalue weighted by molar-refractivity contribution is 5.90. The van der Waals surface area contributed by atoms with Gasteiger partial charge in [0.05, 0.1) is 6.61 Å². The lowest BCUT2D eigenvalue weighted by Gasteiger charge is -2.07. The molecule has 3 rings (SSSR count). The number of nitrogens with one attached hydrogen (secondary N) is 1. The van der Waals surface area contributed by atoms with Gasteiger partial charge in [-0.15, -0.1) is 0 Å². The Bertz CT molecular complexity index is 612. The third-order valence-corrected chi connectivity index (χ3v) is 3.70. The Morgan fingerprint density at radius 1 is 1.25 bits per heavy atom. The van der Waals surface area contributed by atoms with Crippen molar-refractivity contribution in [2.75, 3.05) is 19.8 Å². The van der Waals surface area contributed by atoms with E-state index < -0.39 is 0 Å². The van der Waals surface area contributed by atoms with Gasteiger partial charge in [-0.05, 0) is 50.0 Å². The molecule has 0 aliphatic heterocycles. The Morgan fingerprint density at radius 3 is 3.00 bits per heavy atom. The molecular weight excluding hydrogens is 250 g/mol. The van der Waals surface area contributed by atoms with E-state index in [1.165, 1.54) is 30.5 Å². The number of allylic oxidation sites excluding steroid dienone is 2. The van der Waals surface area contributed by atoms with Gasteiger partial charge in [0.1, 0.15) is 12.4 Å². The number of rotatable bonds is 6. The minimum absolute atomic E-state index is 0.593. The maximum atomic E-state index is 5.83. The first-order chi connectivity index (χ1) is 9.88. The fraction of sp³-hybridized carbons (Fsp3) is 0.412. The summed E-state index contributed by atoms with van der Waals surface area (Å²) < 4.78 is 11.1. The molecule has 0 spiro atoms. The Morgan fingerprint density at radius 2 is 2.20 bits per heavy atom. The molecule has 1 N–H and O–H groups in total. The molecule has 20 heavy (non-hydrogen) atoms. The topological polar surface area (TPSA) is 34.2 Å². The third-order valence-electron chi connectivity index (χ3n) is 3.70. The van der Waals surface area contributed by atoms with Gasteiger partial charge in [-0.2, -0.15) is 0 Å². The van der Waals surface area contributed by atoms with E-state index in [4.69, 9.17) is 9.47 Å². The SMILES string of the molecule is CCOCCOc1cccc2[nH]c(C3=CCCC3)cc12. The van der Waals surface area contributed by atoms with Crippen LogP contribution in [0.1, 0.15) is 31.9 Å². The van der Waals surface area contributed by atoms with Crippen LogP contribution in [0.3, 0.4) is 0 Å². The number of ether oxygens (including phenoxy) is 2. The van der Waals surface area contributed by atoms with Crippen LogP contribution in [0, 0.1) is 0 Å². The van der Waals surface area contributed by atoms with Crippen LogP contribution in [0.4, 0.5) is 0 Å². The largest absolute Gasteiger partial charge is 0.490 e. The highest BCUT2D eigenvalue weighted by atomic mass is 16.5.